The van der Waals surface area contributed by atoms with Gasteiger partial charge in [0, 0.05) is 31.7 Å². The van der Waals surface area contributed by atoms with Crippen LogP contribution in [-0.2, 0) is 35.0 Å². The SMILES string of the molecule is COc1ccnc(C(=O)NC2COCC(Cc3ccccc3)C(OCC(C)C)C(C)OC2=O)c1OCOC(C)=O. The van der Waals surface area contributed by atoms with Crippen molar-refractivity contribution in [1.29, 1.82) is 0 Å². The Morgan fingerprint density at radius 2 is 1.90 bits per heavy atom. The highest BCUT2D eigenvalue weighted by Gasteiger charge is 2.36. The van der Waals surface area contributed by atoms with Crippen LogP contribution >= 0.6 is 0 Å². The van der Waals surface area contributed by atoms with Crippen molar-refractivity contribution < 1.29 is 42.8 Å². The minimum atomic E-state index is -1.12. The van der Waals surface area contributed by atoms with Gasteiger partial charge in [-0.15, -0.1) is 0 Å². The van der Waals surface area contributed by atoms with Gasteiger partial charge >= 0.3 is 11.9 Å². The number of rotatable bonds is 11. The summed E-state index contributed by atoms with van der Waals surface area (Å²) in [6.45, 7) is 7.33. The molecule has 11 nitrogen and oxygen atoms in total. The van der Waals surface area contributed by atoms with Gasteiger partial charge in [0.25, 0.3) is 5.91 Å². The van der Waals surface area contributed by atoms with Crippen molar-refractivity contribution in [2.45, 2.75) is 52.4 Å². The largest absolute Gasteiger partial charge is 0.493 e. The van der Waals surface area contributed by atoms with Crippen LogP contribution in [0.5, 0.6) is 11.5 Å². The number of aromatic nitrogens is 1. The fraction of sp³-hybridized carbons (Fsp3) is 0.517. The molecule has 1 aromatic heterocycles. The maximum Gasteiger partial charge on any atom is 0.331 e. The van der Waals surface area contributed by atoms with E-state index in [1.165, 1.54) is 26.3 Å². The Balaban J connectivity index is 1.78. The lowest BCUT2D eigenvalue weighted by molar-refractivity contribution is -0.161. The van der Waals surface area contributed by atoms with Gasteiger partial charge in [-0.2, -0.15) is 0 Å². The van der Waals surface area contributed by atoms with Crippen molar-refractivity contribution in [1.82, 2.24) is 10.3 Å². The van der Waals surface area contributed by atoms with Crippen molar-refractivity contribution in [3.8, 4) is 11.5 Å². The molecule has 1 saturated heterocycles. The van der Waals surface area contributed by atoms with Crippen LogP contribution in [0.2, 0.25) is 0 Å². The van der Waals surface area contributed by atoms with E-state index in [0.717, 1.165) is 5.56 Å². The van der Waals surface area contributed by atoms with E-state index in [-0.39, 0.29) is 35.6 Å². The number of nitrogens with one attached hydrogen (secondary N) is 1. The maximum absolute atomic E-state index is 13.3. The van der Waals surface area contributed by atoms with Crippen LogP contribution in [0.3, 0.4) is 0 Å². The summed E-state index contributed by atoms with van der Waals surface area (Å²) in [4.78, 5) is 41.7. The summed E-state index contributed by atoms with van der Waals surface area (Å²) in [6.07, 6.45) is 1.01. The first-order valence-electron chi connectivity index (χ1n) is 13.2. The number of carbonyl (C=O) groups is 3. The Hall–Kier alpha value is -3.70. The maximum atomic E-state index is 13.3. The standard InChI is InChI=1S/C29H38N2O9/c1-18(2)14-37-26-19(3)40-29(34)23(16-36-15-22(26)13-21-9-7-6-8-10-21)31-28(33)25-27(39-17-38-20(4)32)24(35-5)11-12-30-25/h6-12,18-19,22-23,26H,13-17H2,1-5H3,(H,31,33). The molecule has 1 amide bonds. The van der Waals surface area contributed by atoms with Gasteiger partial charge in [0.2, 0.25) is 6.79 Å². The molecule has 0 radical (unpaired) electrons. The zero-order chi connectivity index (χ0) is 29.1. The monoisotopic (exact) mass is 558 g/mol. The number of nitrogens with zero attached hydrogens (tertiary/aromatic N) is 1. The molecule has 3 rings (SSSR count). The minimum Gasteiger partial charge on any atom is -0.493 e. The summed E-state index contributed by atoms with van der Waals surface area (Å²) >= 11 is 0. The molecule has 1 aliphatic rings. The number of benzene rings is 1. The molecular formula is C29H38N2O9. The average Bonchev–Trinajstić information content (AvgIpc) is 2.96. The molecule has 2 heterocycles. The number of amides is 1. The molecule has 1 fully saturated rings. The normalized spacial score (nSPS) is 21.4. The third kappa shape index (κ3) is 8.92. The van der Waals surface area contributed by atoms with E-state index in [1.54, 1.807) is 6.92 Å². The van der Waals surface area contributed by atoms with Crippen molar-refractivity contribution in [3.05, 3.63) is 53.9 Å². The first-order chi connectivity index (χ1) is 19.2. The molecule has 11 heteroatoms. The number of carbonyl (C=O) groups excluding carboxylic acids is 3. The summed E-state index contributed by atoms with van der Waals surface area (Å²) < 4.78 is 33.6. The van der Waals surface area contributed by atoms with Crippen LogP contribution in [-0.4, -0.2) is 74.8 Å². The van der Waals surface area contributed by atoms with E-state index in [2.05, 4.69) is 24.1 Å². The van der Waals surface area contributed by atoms with E-state index in [4.69, 9.17) is 28.4 Å². The lowest BCUT2D eigenvalue weighted by Crippen LogP contribution is -2.46. The van der Waals surface area contributed by atoms with Crippen molar-refractivity contribution >= 4 is 17.8 Å². The predicted molar refractivity (Wildman–Crippen MR) is 144 cm³/mol. The van der Waals surface area contributed by atoms with E-state index in [9.17, 15) is 14.4 Å². The van der Waals surface area contributed by atoms with E-state index in [1.807, 2.05) is 30.3 Å². The summed E-state index contributed by atoms with van der Waals surface area (Å²) in [5.74, 6) is -1.60. The molecule has 0 bridgehead atoms. The van der Waals surface area contributed by atoms with Crippen LogP contribution < -0.4 is 14.8 Å². The summed E-state index contributed by atoms with van der Waals surface area (Å²) in [6, 6.07) is 10.3. The summed E-state index contributed by atoms with van der Waals surface area (Å²) in [5.41, 5.74) is 0.953. The van der Waals surface area contributed by atoms with E-state index < -0.39 is 42.9 Å². The van der Waals surface area contributed by atoms with Gasteiger partial charge in [-0.25, -0.2) is 9.78 Å². The van der Waals surface area contributed by atoms with Gasteiger partial charge in [0.15, 0.2) is 23.2 Å². The second kappa shape index (κ2) is 15.2. The molecule has 40 heavy (non-hydrogen) atoms. The number of esters is 2. The molecule has 4 atom stereocenters. The molecule has 2 aromatic rings. The Morgan fingerprint density at radius 1 is 1.15 bits per heavy atom. The fourth-order valence-electron chi connectivity index (χ4n) is 4.27. The highest BCUT2D eigenvalue weighted by Crippen LogP contribution is 2.30. The molecule has 4 unspecified atom stereocenters. The minimum absolute atomic E-state index is 0.0421. The Kier molecular flexibility index (Phi) is 11.7. The second-order valence-electron chi connectivity index (χ2n) is 9.94. The van der Waals surface area contributed by atoms with Crippen molar-refractivity contribution in [2.75, 3.05) is 33.7 Å². The third-order valence-corrected chi connectivity index (χ3v) is 6.17. The first-order valence-corrected chi connectivity index (χ1v) is 13.2. The van der Waals surface area contributed by atoms with Gasteiger partial charge in [-0.3, -0.25) is 9.59 Å². The highest BCUT2D eigenvalue weighted by molar-refractivity contribution is 5.98. The molecule has 1 N–H and O–H groups in total. The highest BCUT2D eigenvalue weighted by atomic mass is 16.7. The van der Waals surface area contributed by atoms with Crippen LogP contribution in [0.4, 0.5) is 0 Å². The van der Waals surface area contributed by atoms with Gasteiger partial charge in [0.05, 0.1) is 26.4 Å². The lowest BCUT2D eigenvalue weighted by Gasteiger charge is -2.31. The number of pyridine rings is 1. The Labute approximate surface area is 234 Å². The van der Waals surface area contributed by atoms with Crippen molar-refractivity contribution in [3.63, 3.8) is 0 Å². The zero-order valence-electron chi connectivity index (χ0n) is 23.6. The third-order valence-electron chi connectivity index (χ3n) is 6.17. The molecule has 0 spiro atoms. The second-order valence-corrected chi connectivity index (χ2v) is 9.94. The molecule has 1 aliphatic heterocycles. The molecule has 1 aromatic carbocycles. The van der Waals surface area contributed by atoms with Crippen LogP contribution in [0, 0.1) is 11.8 Å². The zero-order valence-corrected chi connectivity index (χ0v) is 23.6. The van der Waals surface area contributed by atoms with Gasteiger partial charge in [-0.05, 0) is 24.8 Å². The van der Waals surface area contributed by atoms with Crippen LogP contribution in [0.25, 0.3) is 0 Å². The van der Waals surface area contributed by atoms with Gasteiger partial charge in [-0.1, -0.05) is 44.2 Å². The predicted octanol–water partition coefficient (Wildman–Crippen LogP) is 2.95. The van der Waals surface area contributed by atoms with Gasteiger partial charge < -0.3 is 33.7 Å². The Bertz CT molecular complexity index is 1130. The first kappa shape index (κ1) is 30.8. The number of methoxy groups -OCH3 is 1. The smallest absolute Gasteiger partial charge is 0.331 e. The molecule has 0 saturated carbocycles. The molecule has 0 aliphatic carbocycles. The topological polar surface area (TPSA) is 132 Å². The van der Waals surface area contributed by atoms with Crippen molar-refractivity contribution in [2.24, 2.45) is 11.8 Å². The van der Waals surface area contributed by atoms with Crippen LogP contribution in [0.15, 0.2) is 42.6 Å². The van der Waals surface area contributed by atoms with E-state index >= 15 is 0 Å². The summed E-state index contributed by atoms with van der Waals surface area (Å²) in [5, 5.41) is 2.64. The van der Waals surface area contributed by atoms with Gasteiger partial charge in [0.1, 0.15) is 6.10 Å². The number of hydrogen-bond donors (Lipinski definition) is 1. The Morgan fingerprint density at radius 3 is 2.58 bits per heavy atom. The van der Waals surface area contributed by atoms with E-state index in [0.29, 0.717) is 19.6 Å². The number of cyclic esters (lactones) is 1. The lowest BCUT2D eigenvalue weighted by atomic mass is 9.91. The number of hydrogen-bond acceptors (Lipinski definition) is 10. The van der Waals surface area contributed by atoms with Crippen LogP contribution in [0.1, 0.15) is 43.7 Å². The fourth-order valence-corrected chi connectivity index (χ4v) is 4.27. The average molecular weight is 559 g/mol. The quantitative estimate of drug-likeness (QED) is 0.324. The number of ether oxygens (including phenoxy) is 6. The molecule has 218 valence electrons. The molecular weight excluding hydrogens is 520 g/mol. The summed E-state index contributed by atoms with van der Waals surface area (Å²) in [7, 11) is 1.39.